The van der Waals surface area contributed by atoms with E-state index in [4.69, 9.17) is 9.47 Å². The highest BCUT2D eigenvalue weighted by Gasteiger charge is 2.57. The van der Waals surface area contributed by atoms with Crippen LogP contribution in [0, 0.1) is 18.3 Å². The molecule has 2 aliphatic rings. The van der Waals surface area contributed by atoms with E-state index in [1.165, 1.54) is 7.11 Å². The molecule has 0 spiro atoms. The van der Waals surface area contributed by atoms with E-state index in [0.29, 0.717) is 43.4 Å². The number of esters is 1. The van der Waals surface area contributed by atoms with Gasteiger partial charge in [-0.05, 0) is 19.1 Å². The molecule has 0 saturated carbocycles. The third kappa shape index (κ3) is 2.40. The van der Waals surface area contributed by atoms with Gasteiger partial charge >= 0.3 is 5.97 Å². The van der Waals surface area contributed by atoms with Crippen LogP contribution in [0.4, 0.5) is 0 Å². The van der Waals surface area contributed by atoms with Crippen LogP contribution < -0.4 is 0 Å². The second kappa shape index (κ2) is 6.21. The first-order chi connectivity index (χ1) is 12.6. The van der Waals surface area contributed by atoms with Crippen molar-refractivity contribution in [3.8, 4) is 5.82 Å². The lowest BCUT2D eigenvalue weighted by atomic mass is 9.81. The van der Waals surface area contributed by atoms with Gasteiger partial charge in [0.2, 0.25) is 0 Å². The molecule has 2 aromatic heterocycles. The molecule has 2 saturated heterocycles. The van der Waals surface area contributed by atoms with Gasteiger partial charge < -0.3 is 14.4 Å². The summed E-state index contributed by atoms with van der Waals surface area (Å²) >= 11 is 0. The Labute approximate surface area is 150 Å². The molecule has 0 aromatic carbocycles. The normalized spacial score (nSPS) is 24.5. The van der Waals surface area contributed by atoms with Crippen LogP contribution in [0.3, 0.4) is 0 Å². The molecular weight excluding hydrogens is 336 g/mol. The maximum Gasteiger partial charge on any atom is 0.316 e. The maximum absolute atomic E-state index is 13.1. The van der Waals surface area contributed by atoms with Crippen molar-refractivity contribution >= 4 is 11.9 Å². The predicted molar refractivity (Wildman–Crippen MR) is 90.8 cm³/mol. The van der Waals surface area contributed by atoms with Crippen molar-refractivity contribution in [1.29, 1.82) is 0 Å². The Morgan fingerprint density at radius 2 is 2.23 bits per heavy atom. The van der Waals surface area contributed by atoms with Gasteiger partial charge in [0.05, 0.1) is 37.8 Å². The summed E-state index contributed by atoms with van der Waals surface area (Å²) in [7, 11) is 1.37. The van der Waals surface area contributed by atoms with E-state index in [-0.39, 0.29) is 17.8 Å². The van der Waals surface area contributed by atoms with Crippen molar-refractivity contribution in [2.75, 3.05) is 33.4 Å². The predicted octanol–water partition coefficient (Wildman–Crippen LogP) is 0.837. The number of nitrogens with zero attached hydrogens (tertiary/aromatic N) is 4. The van der Waals surface area contributed by atoms with Gasteiger partial charge in [0.25, 0.3) is 5.91 Å². The topological polar surface area (TPSA) is 86.5 Å². The molecule has 8 heteroatoms. The van der Waals surface area contributed by atoms with Crippen molar-refractivity contribution in [2.45, 2.75) is 6.92 Å². The summed E-state index contributed by atoms with van der Waals surface area (Å²) in [4.78, 5) is 31.3. The Morgan fingerprint density at radius 3 is 2.96 bits per heavy atom. The van der Waals surface area contributed by atoms with E-state index >= 15 is 0 Å². The number of hydrogen-bond acceptors (Lipinski definition) is 6. The minimum absolute atomic E-state index is 0.0370. The van der Waals surface area contributed by atoms with Gasteiger partial charge in [0.1, 0.15) is 5.41 Å². The summed E-state index contributed by atoms with van der Waals surface area (Å²) in [6.07, 6.45) is 3.24. The van der Waals surface area contributed by atoms with E-state index in [9.17, 15) is 9.59 Å². The van der Waals surface area contributed by atoms with E-state index in [0.717, 1.165) is 0 Å². The summed E-state index contributed by atoms with van der Waals surface area (Å²) in [5.41, 5.74) is 0.473. The lowest BCUT2D eigenvalue weighted by Crippen LogP contribution is -2.41. The molecule has 0 bridgehead atoms. The molecule has 8 nitrogen and oxygen atoms in total. The minimum atomic E-state index is -0.755. The summed E-state index contributed by atoms with van der Waals surface area (Å²) in [6.45, 7) is 3.37. The zero-order valence-electron chi connectivity index (χ0n) is 14.7. The summed E-state index contributed by atoms with van der Waals surface area (Å²) in [6, 6.07) is 5.52. The zero-order chi connectivity index (χ0) is 18.3. The quantitative estimate of drug-likeness (QED) is 0.758. The molecule has 0 aliphatic carbocycles. The van der Waals surface area contributed by atoms with Crippen LogP contribution in [0.1, 0.15) is 16.1 Å². The Hall–Kier alpha value is -2.74. The molecule has 1 amide bonds. The van der Waals surface area contributed by atoms with Gasteiger partial charge in [-0.3, -0.25) is 9.59 Å². The number of rotatable bonds is 3. The fourth-order valence-electron chi connectivity index (χ4n) is 3.88. The van der Waals surface area contributed by atoms with Crippen molar-refractivity contribution in [3.05, 3.63) is 41.9 Å². The smallest absolute Gasteiger partial charge is 0.316 e. The second-order valence-corrected chi connectivity index (χ2v) is 6.79. The number of aromatic nitrogens is 3. The fraction of sp³-hybridized carbons (Fsp3) is 0.444. The number of likely N-dealkylation sites (tertiary alicyclic amines) is 1. The van der Waals surface area contributed by atoms with E-state index in [1.807, 2.05) is 25.1 Å². The number of pyridine rings is 1. The van der Waals surface area contributed by atoms with E-state index in [2.05, 4.69) is 10.1 Å². The second-order valence-electron chi connectivity index (χ2n) is 6.79. The van der Waals surface area contributed by atoms with Crippen LogP contribution in [-0.4, -0.2) is 65.0 Å². The molecule has 26 heavy (non-hydrogen) atoms. The molecule has 2 fully saturated rings. The Balaban J connectivity index is 1.60. The van der Waals surface area contributed by atoms with Gasteiger partial charge in [0, 0.05) is 25.2 Å². The molecule has 4 rings (SSSR count). The molecule has 2 aliphatic heterocycles. The van der Waals surface area contributed by atoms with Gasteiger partial charge in [-0.2, -0.15) is 5.10 Å². The molecule has 0 radical (unpaired) electrons. The number of fused-ring (bicyclic) bond motifs is 1. The van der Waals surface area contributed by atoms with Crippen LogP contribution in [0.15, 0.2) is 30.6 Å². The highest BCUT2D eigenvalue weighted by molar-refractivity contribution is 5.96. The number of carbonyl (C=O) groups is 2. The lowest BCUT2D eigenvalue weighted by Gasteiger charge is -2.23. The zero-order valence-corrected chi connectivity index (χ0v) is 14.7. The Morgan fingerprint density at radius 1 is 1.38 bits per heavy atom. The first-order valence-electron chi connectivity index (χ1n) is 8.48. The highest BCUT2D eigenvalue weighted by Crippen LogP contribution is 2.42. The first kappa shape index (κ1) is 16.7. The van der Waals surface area contributed by atoms with Gasteiger partial charge in [-0.1, -0.05) is 6.07 Å². The SMILES string of the molecule is COC(=O)[C@@]12COC[C@@H]1CN(C(=O)c1cnn(-c3ccccn3)c1C)C2. The number of methoxy groups -OCH3 is 1. The molecule has 136 valence electrons. The van der Waals surface area contributed by atoms with E-state index < -0.39 is 5.41 Å². The standard InChI is InChI=1S/C18H20N4O4/c1-12-14(7-20-22(12)15-5-3-4-6-19-15)16(23)21-8-13-9-26-11-18(13,10-21)17(24)25-2/h3-7,13H,8-11H2,1-2H3/t13-,18-/m0/s1. The molecule has 4 heterocycles. The Bertz CT molecular complexity index is 850. The molecule has 0 unspecified atom stereocenters. The molecule has 2 atom stereocenters. The summed E-state index contributed by atoms with van der Waals surface area (Å²) in [5.74, 6) is 0.172. The summed E-state index contributed by atoms with van der Waals surface area (Å²) < 4.78 is 12.1. The van der Waals surface area contributed by atoms with Crippen LogP contribution in [0.5, 0.6) is 0 Å². The average molecular weight is 356 g/mol. The van der Waals surface area contributed by atoms with Crippen LogP contribution in [0.25, 0.3) is 5.82 Å². The molecule has 2 aromatic rings. The summed E-state index contributed by atoms with van der Waals surface area (Å²) in [5, 5.41) is 4.31. The fourth-order valence-corrected chi connectivity index (χ4v) is 3.88. The molecular formula is C18H20N4O4. The number of ether oxygens (including phenoxy) is 2. The average Bonchev–Trinajstić information content (AvgIpc) is 3.33. The largest absolute Gasteiger partial charge is 0.468 e. The van der Waals surface area contributed by atoms with Crippen molar-refractivity contribution < 1.29 is 19.1 Å². The Kier molecular flexibility index (Phi) is 3.99. The van der Waals surface area contributed by atoms with Crippen LogP contribution in [-0.2, 0) is 14.3 Å². The monoisotopic (exact) mass is 356 g/mol. The third-order valence-corrected chi connectivity index (χ3v) is 5.36. The third-order valence-electron chi connectivity index (χ3n) is 5.36. The first-order valence-corrected chi connectivity index (χ1v) is 8.48. The highest BCUT2D eigenvalue weighted by atomic mass is 16.5. The van der Waals surface area contributed by atoms with Gasteiger partial charge in [-0.25, -0.2) is 9.67 Å². The van der Waals surface area contributed by atoms with Crippen molar-refractivity contribution in [2.24, 2.45) is 11.3 Å². The van der Waals surface area contributed by atoms with Gasteiger partial charge in [-0.15, -0.1) is 0 Å². The van der Waals surface area contributed by atoms with Gasteiger partial charge in [0.15, 0.2) is 5.82 Å². The lowest BCUT2D eigenvalue weighted by molar-refractivity contribution is -0.153. The van der Waals surface area contributed by atoms with Crippen molar-refractivity contribution in [3.63, 3.8) is 0 Å². The van der Waals surface area contributed by atoms with E-state index in [1.54, 1.807) is 22.0 Å². The number of carbonyl (C=O) groups excluding carboxylic acids is 2. The number of hydrogen-bond donors (Lipinski definition) is 0. The van der Waals surface area contributed by atoms with Crippen LogP contribution >= 0.6 is 0 Å². The maximum atomic E-state index is 13.1. The van der Waals surface area contributed by atoms with Crippen LogP contribution in [0.2, 0.25) is 0 Å². The van der Waals surface area contributed by atoms with Crippen molar-refractivity contribution in [1.82, 2.24) is 19.7 Å². The number of amides is 1. The molecule has 0 N–H and O–H groups in total. The minimum Gasteiger partial charge on any atom is -0.468 e.